The average Bonchev–Trinajstić information content (AvgIpc) is 3.18. The van der Waals surface area contributed by atoms with E-state index in [4.69, 9.17) is 9.47 Å². The Kier molecular flexibility index (Phi) is 4.37. The maximum Gasteiger partial charge on any atom is 0.227 e. The monoisotopic (exact) mass is 378 g/mol. The summed E-state index contributed by atoms with van der Waals surface area (Å²) in [5.74, 6) is 0.0551. The summed E-state index contributed by atoms with van der Waals surface area (Å²) in [6.07, 6.45) is -0.984. The van der Waals surface area contributed by atoms with Gasteiger partial charge in [0, 0.05) is 13.1 Å². The van der Waals surface area contributed by atoms with E-state index in [-0.39, 0.29) is 36.9 Å². The Morgan fingerprint density at radius 3 is 1.46 bits per heavy atom. The fourth-order valence-electron chi connectivity index (χ4n) is 4.29. The molecule has 0 saturated carbocycles. The number of carbonyl (C=O) groups is 2. The second-order valence-corrected chi connectivity index (χ2v) is 7.55. The van der Waals surface area contributed by atoms with Gasteiger partial charge in [0.15, 0.2) is 12.5 Å². The molecule has 3 fully saturated rings. The van der Waals surface area contributed by atoms with E-state index in [1.165, 1.54) is 0 Å². The third-order valence-corrected chi connectivity index (χ3v) is 5.66. The Hall–Kier alpha value is -2.70. The van der Waals surface area contributed by atoms with Crippen molar-refractivity contribution in [2.75, 3.05) is 0 Å². The lowest BCUT2D eigenvalue weighted by molar-refractivity contribution is -0.255. The van der Waals surface area contributed by atoms with Crippen molar-refractivity contribution < 1.29 is 19.1 Å². The molecule has 3 aliphatic heterocycles. The molecule has 4 atom stereocenters. The Labute approximate surface area is 163 Å². The van der Waals surface area contributed by atoms with Crippen molar-refractivity contribution in [3.05, 3.63) is 71.8 Å². The van der Waals surface area contributed by atoms with Gasteiger partial charge in [-0.1, -0.05) is 60.7 Å². The summed E-state index contributed by atoms with van der Waals surface area (Å²) in [4.78, 5) is 28.6. The van der Waals surface area contributed by atoms with Crippen LogP contribution in [0.3, 0.4) is 0 Å². The fraction of sp³-hybridized carbons (Fsp3) is 0.364. The second kappa shape index (κ2) is 7.04. The number of likely N-dealkylation sites (tertiary alicyclic amines) is 2. The fourth-order valence-corrected chi connectivity index (χ4v) is 4.29. The highest BCUT2D eigenvalue weighted by Crippen LogP contribution is 2.38. The summed E-state index contributed by atoms with van der Waals surface area (Å²) >= 11 is 0. The van der Waals surface area contributed by atoms with Gasteiger partial charge in [-0.05, 0) is 11.1 Å². The first-order valence-corrected chi connectivity index (χ1v) is 9.67. The lowest BCUT2D eigenvalue weighted by atomic mass is 10.2. The summed E-state index contributed by atoms with van der Waals surface area (Å²) < 4.78 is 12.5. The topological polar surface area (TPSA) is 59.1 Å². The number of amides is 2. The molecule has 0 unspecified atom stereocenters. The van der Waals surface area contributed by atoms with E-state index in [9.17, 15) is 9.59 Å². The van der Waals surface area contributed by atoms with Gasteiger partial charge in [0.1, 0.15) is 12.2 Å². The van der Waals surface area contributed by atoms with Crippen LogP contribution < -0.4 is 0 Å². The van der Waals surface area contributed by atoms with Crippen molar-refractivity contribution in [1.82, 2.24) is 9.80 Å². The molecule has 2 aromatic rings. The van der Waals surface area contributed by atoms with Crippen molar-refractivity contribution in [2.45, 2.75) is 50.6 Å². The molecule has 144 valence electrons. The maximum absolute atomic E-state index is 12.6. The molecule has 5 rings (SSSR count). The van der Waals surface area contributed by atoms with Gasteiger partial charge in [-0.3, -0.25) is 9.59 Å². The number of rotatable bonds is 4. The van der Waals surface area contributed by atoms with Crippen LogP contribution in [0, 0.1) is 0 Å². The highest BCUT2D eigenvalue weighted by Gasteiger charge is 2.54. The van der Waals surface area contributed by atoms with E-state index >= 15 is 0 Å². The summed E-state index contributed by atoms with van der Waals surface area (Å²) in [5.41, 5.74) is 2.10. The van der Waals surface area contributed by atoms with Crippen molar-refractivity contribution in [3.63, 3.8) is 0 Å². The number of ether oxygens (including phenoxy) is 2. The molecular formula is C22H22N2O4. The highest BCUT2D eigenvalue weighted by atomic mass is 16.6. The molecule has 0 N–H and O–H groups in total. The van der Waals surface area contributed by atoms with Crippen LogP contribution in [0.1, 0.15) is 24.0 Å². The van der Waals surface area contributed by atoms with Crippen LogP contribution in [0.25, 0.3) is 0 Å². The minimum atomic E-state index is -0.432. The molecule has 0 radical (unpaired) electrons. The quantitative estimate of drug-likeness (QED) is 0.819. The Morgan fingerprint density at radius 1 is 0.679 bits per heavy atom. The standard InChI is InChI=1S/C22H22N2O4/c25-19-11-17-21(23(19)13-15-7-3-1-4-8-15)27-18-12-20(26)24(22(18)28-17)14-16-9-5-2-6-10-16/h1-10,17-18,21-22H,11-14H2/t17-,18-,21-,22-/m1/s1. The van der Waals surface area contributed by atoms with Gasteiger partial charge in [0.25, 0.3) is 0 Å². The van der Waals surface area contributed by atoms with Crippen LogP contribution in [-0.2, 0) is 32.2 Å². The molecular weight excluding hydrogens is 356 g/mol. The average molecular weight is 378 g/mol. The largest absolute Gasteiger partial charge is 0.347 e. The molecule has 0 bridgehead atoms. The van der Waals surface area contributed by atoms with Crippen molar-refractivity contribution >= 4 is 11.8 Å². The van der Waals surface area contributed by atoms with Crippen LogP contribution >= 0.6 is 0 Å². The number of benzene rings is 2. The second-order valence-electron chi connectivity index (χ2n) is 7.55. The van der Waals surface area contributed by atoms with Crippen LogP contribution in [0.4, 0.5) is 0 Å². The van der Waals surface area contributed by atoms with Crippen molar-refractivity contribution in [2.24, 2.45) is 0 Å². The first-order chi connectivity index (χ1) is 13.7. The number of carbonyl (C=O) groups excluding carboxylic acids is 2. The third-order valence-electron chi connectivity index (χ3n) is 5.66. The molecule has 2 amide bonds. The van der Waals surface area contributed by atoms with Crippen LogP contribution in [0.2, 0.25) is 0 Å². The van der Waals surface area contributed by atoms with E-state index < -0.39 is 12.5 Å². The lowest BCUT2D eigenvalue weighted by Crippen LogP contribution is -2.53. The zero-order chi connectivity index (χ0) is 19.1. The number of hydrogen-bond acceptors (Lipinski definition) is 4. The molecule has 3 heterocycles. The zero-order valence-corrected chi connectivity index (χ0v) is 15.4. The van der Waals surface area contributed by atoms with Gasteiger partial charge in [-0.25, -0.2) is 0 Å². The molecule has 0 aromatic heterocycles. The summed E-state index contributed by atoms with van der Waals surface area (Å²) in [6, 6.07) is 19.7. The molecule has 2 aromatic carbocycles. The van der Waals surface area contributed by atoms with Gasteiger partial charge in [-0.15, -0.1) is 0 Å². The molecule has 0 aliphatic carbocycles. The summed E-state index contributed by atoms with van der Waals surface area (Å²) in [7, 11) is 0. The molecule has 6 heteroatoms. The SMILES string of the molecule is O=C1C[C@H]2O[C@@H]3[C@@H](CC(=O)N3Cc3ccccc3)O[C@H]2N1Cc1ccccc1. The van der Waals surface area contributed by atoms with E-state index in [0.29, 0.717) is 13.1 Å². The molecule has 3 aliphatic rings. The van der Waals surface area contributed by atoms with Gasteiger partial charge < -0.3 is 19.3 Å². The number of nitrogens with zero attached hydrogens (tertiary/aromatic N) is 2. The minimum absolute atomic E-state index is 0.0276. The zero-order valence-electron chi connectivity index (χ0n) is 15.4. The lowest BCUT2D eigenvalue weighted by Gasteiger charge is -2.40. The van der Waals surface area contributed by atoms with Crippen molar-refractivity contribution in [1.29, 1.82) is 0 Å². The van der Waals surface area contributed by atoms with Crippen LogP contribution in [0.5, 0.6) is 0 Å². The summed E-state index contributed by atoms with van der Waals surface area (Å²) in [6.45, 7) is 0.979. The van der Waals surface area contributed by atoms with E-state index in [0.717, 1.165) is 11.1 Å². The van der Waals surface area contributed by atoms with E-state index in [1.807, 2.05) is 60.7 Å². The smallest absolute Gasteiger partial charge is 0.227 e. The Bertz CT molecular complexity index is 799. The molecule has 6 nitrogen and oxygen atoms in total. The summed E-state index contributed by atoms with van der Waals surface area (Å²) in [5, 5.41) is 0. The Morgan fingerprint density at radius 2 is 1.07 bits per heavy atom. The molecule has 0 spiro atoms. The van der Waals surface area contributed by atoms with Gasteiger partial charge >= 0.3 is 0 Å². The maximum atomic E-state index is 12.6. The van der Waals surface area contributed by atoms with Crippen LogP contribution in [-0.4, -0.2) is 46.3 Å². The number of fused-ring (bicyclic) bond motifs is 2. The first-order valence-electron chi connectivity index (χ1n) is 9.67. The van der Waals surface area contributed by atoms with E-state index in [2.05, 4.69) is 0 Å². The Balaban J connectivity index is 1.32. The van der Waals surface area contributed by atoms with Gasteiger partial charge in [0.2, 0.25) is 11.8 Å². The van der Waals surface area contributed by atoms with Crippen LogP contribution in [0.15, 0.2) is 60.7 Å². The predicted octanol–water partition coefficient (Wildman–Crippen LogP) is 2.29. The first kappa shape index (κ1) is 17.4. The number of hydrogen-bond donors (Lipinski definition) is 0. The molecule has 28 heavy (non-hydrogen) atoms. The van der Waals surface area contributed by atoms with Gasteiger partial charge in [-0.2, -0.15) is 0 Å². The highest BCUT2D eigenvalue weighted by molar-refractivity contribution is 5.81. The van der Waals surface area contributed by atoms with E-state index in [1.54, 1.807) is 9.80 Å². The minimum Gasteiger partial charge on any atom is -0.347 e. The third kappa shape index (κ3) is 3.08. The van der Waals surface area contributed by atoms with Crippen molar-refractivity contribution in [3.8, 4) is 0 Å². The normalized spacial score (nSPS) is 29.1. The molecule has 3 saturated heterocycles. The van der Waals surface area contributed by atoms with Gasteiger partial charge in [0.05, 0.1) is 12.8 Å². The predicted molar refractivity (Wildman–Crippen MR) is 101 cm³/mol.